The van der Waals surface area contributed by atoms with E-state index in [2.05, 4.69) is 14.9 Å². The van der Waals surface area contributed by atoms with E-state index in [0.717, 1.165) is 30.3 Å². The van der Waals surface area contributed by atoms with Gasteiger partial charge in [0, 0.05) is 30.5 Å². The van der Waals surface area contributed by atoms with Gasteiger partial charge in [0.2, 0.25) is 5.95 Å². The second-order valence-electron chi connectivity index (χ2n) is 4.79. The molecule has 94 valence electrons. The Morgan fingerprint density at radius 1 is 1.24 bits per heavy atom. The van der Waals surface area contributed by atoms with Gasteiger partial charge in [-0.1, -0.05) is 12.8 Å². The maximum Gasteiger partial charge on any atom is 0.225 e. The zero-order valence-electron chi connectivity index (χ0n) is 10.7. The van der Waals surface area contributed by atoms with E-state index >= 15 is 0 Å². The molecule has 4 nitrogen and oxygen atoms in total. The van der Waals surface area contributed by atoms with Crippen LogP contribution in [0.15, 0.2) is 6.20 Å². The summed E-state index contributed by atoms with van der Waals surface area (Å²) in [6.07, 6.45) is 6.32. The predicted molar refractivity (Wildman–Crippen MR) is 68.1 cm³/mol. The van der Waals surface area contributed by atoms with Crippen LogP contribution < -0.4 is 4.90 Å². The van der Waals surface area contributed by atoms with E-state index < -0.39 is 6.10 Å². The van der Waals surface area contributed by atoms with Gasteiger partial charge in [0.15, 0.2) is 0 Å². The number of hydrogen-bond donors (Lipinski definition) is 1. The van der Waals surface area contributed by atoms with E-state index in [1.807, 2.05) is 6.92 Å². The van der Waals surface area contributed by atoms with E-state index in [-0.39, 0.29) is 0 Å². The lowest BCUT2D eigenvalue weighted by Gasteiger charge is -2.21. The first-order valence-corrected chi connectivity index (χ1v) is 6.45. The molecule has 0 aromatic carbocycles. The minimum Gasteiger partial charge on any atom is -0.389 e. The van der Waals surface area contributed by atoms with Gasteiger partial charge in [0.25, 0.3) is 0 Å². The van der Waals surface area contributed by atoms with Crippen molar-refractivity contribution in [1.82, 2.24) is 9.97 Å². The molecule has 1 atom stereocenters. The molecule has 4 heteroatoms. The Hall–Kier alpha value is -1.16. The van der Waals surface area contributed by atoms with Gasteiger partial charge in [-0.25, -0.2) is 9.97 Å². The van der Waals surface area contributed by atoms with Crippen LogP contribution in [0.1, 0.15) is 50.0 Å². The molecule has 0 spiro atoms. The van der Waals surface area contributed by atoms with Crippen LogP contribution in [-0.2, 0) is 0 Å². The number of aliphatic hydroxyl groups is 1. The van der Waals surface area contributed by atoms with Gasteiger partial charge in [-0.15, -0.1) is 0 Å². The molecule has 0 radical (unpaired) electrons. The molecule has 17 heavy (non-hydrogen) atoms. The molecule has 0 saturated carbocycles. The third-order valence-corrected chi connectivity index (χ3v) is 3.34. The van der Waals surface area contributed by atoms with Crippen LogP contribution in [0.2, 0.25) is 0 Å². The predicted octanol–water partition coefficient (Wildman–Crippen LogP) is 2.22. The molecule has 2 heterocycles. The van der Waals surface area contributed by atoms with E-state index in [9.17, 15) is 5.11 Å². The fourth-order valence-corrected chi connectivity index (χ4v) is 2.30. The molecule has 1 aliphatic heterocycles. The Labute approximate surface area is 103 Å². The number of anilines is 1. The zero-order chi connectivity index (χ0) is 12.3. The zero-order valence-corrected chi connectivity index (χ0v) is 10.7. The van der Waals surface area contributed by atoms with Crippen molar-refractivity contribution in [2.24, 2.45) is 0 Å². The van der Waals surface area contributed by atoms with Gasteiger partial charge in [-0.3, -0.25) is 0 Å². The van der Waals surface area contributed by atoms with E-state index in [1.165, 1.54) is 25.7 Å². The summed E-state index contributed by atoms with van der Waals surface area (Å²) in [5.74, 6) is 0.814. The second kappa shape index (κ2) is 5.45. The SMILES string of the molecule is Cc1nc(N2CCCCCC2)ncc1[C@H](C)O. The highest BCUT2D eigenvalue weighted by Crippen LogP contribution is 2.19. The normalized spacial score (nSPS) is 18.9. The molecule has 1 N–H and O–H groups in total. The Kier molecular flexibility index (Phi) is 3.94. The number of aromatic nitrogens is 2. The average Bonchev–Trinajstić information content (AvgIpc) is 2.56. The van der Waals surface area contributed by atoms with Gasteiger partial charge in [-0.05, 0) is 26.7 Å². The van der Waals surface area contributed by atoms with Crippen LogP contribution in [0, 0.1) is 6.92 Å². The summed E-state index contributed by atoms with van der Waals surface area (Å²) in [6.45, 7) is 5.78. The number of nitrogens with zero attached hydrogens (tertiary/aromatic N) is 3. The lowest BCUT2D eigenvalue weighted by molar-refractivity contribution is 0.197. The third-order valence-electron chi connectivity index (χ3n) is 3.34. The van der Waals surface area contributed by atoms with Gasteiger partial charge in [-0.2, -0.15) is 0 Å². The van der Waals surface area contributed by atoms with Crippen LogP contribution in [0.4, 0.5) is 5.95 Å². The van der Waals surface area contributed by atoms with E-state index in [0.29, 0.717) is 0 Å². The molecule has 1 aromatic heterocycles. The quantitative estimate of drug-likeness (QED) is 0.854. The van der Waals surface area contributed by atoms with Crippen molar-refractivity contribution in [2.75, 3.05) is 18.0 Å². The standard InChI is InChI=1S/C13H21N3O/c1-10-12(11(2)17)9-14-13(15-10)16-7-5-3-4-6-8-16/h9,11,17H,3-8H2,1-2H3/t11-/m0/s1. The van der Waals surface area contributed by atoms with Crippen LogP contribution in [-0.4, -0.2) is 28.2 Å². The largest absolute Gasteiger partial charge is 0.389 e. The Morgan fingerprint density at radius 2 is 1.88 bits per heavy atom. The lowest BCUT2D eigenvalue weighted by Crippen LogP contribution is -2.26. The lowest BCUT2D eigenvalue weighted by atomic mass is 10.1. The molecular formula is C13H21N3O. The molecule has 0 amide bonds. The topological polar surface area (TPSA) is 49.2 Å². The fourth-order valence-electron chi connectivity index (χ4n) is 2.30. The van der Waals surface area contributed by atoms with Crippen LogP contribution in [0.5, 0.6) is 0 Å². The smallest absolute Gasteiger partial charge is 0.225 e. The maximum atomic E-state index is 9.56. The monoisotopic (exact) mass is 235 g/mol. The molecule has 0 bridgehead atoms. The summed E-state index contributed by atoms with van der Waals surface area (Å²) < 4.78 is 0. The second-order valence-corrected chi connectivity index (χ2v) is 4.79. The molecule has 2 rings (SSSR count). The summed E-state index contributed by atoms with van der Waals surface area (Å²) in [4.78, 5) is 11.2. The van der Waals surface area contributed by atoms with Crippen LogP contribution in [0.25, 0.3) is 0 Å². The average molecular weight is 235 g/mol. The minimum atomic E-state index is -0.492. The highest BCUT2D eigenvalue weighted by Gasteiger charge is 2.14. The Balaban J connectivity index is 2.18. The van der Waals surface area contributed by atoms with Gasteiger partial charge >= 0.3 is 0 Å². The highest BCUT2D eigenvalue weighted by molar-refractivity contribution is 5.33. The number of hydrogen-bond acceptors (Lipinski definition) is 4. The summed E-state index contributed by atoms with van der Waals surface area (Å²) in [7, 11) is 0. The first kappa shape index (κ1) is 12.3. The highest BCUT2D eigenvalue weighted by atomic mass is 16.3. The summed E-state index contributed by atoms with van der Waals surface area (Å²) in [6, 6.07) is 0. The summed E-state index contributed by atoms with van der Waals surface area (Å²) in [5.41, 5.74) is 1.71. The van der Waals surface area contributed by atoms with Crippen molar-refractivity contribution in [2.45, 2.75) is 45.6 Å². The minimum absolute atomic E-state index is 0.492. The van der Waals surface area contributed by atoms with E-state index in [1.54, 1.807) is 13.1 Å². The first-order valence-electron chi connectivity index (χ1n) is 6.45. The first-order chi connectivity index (χ1) is 8.18. The fraction of sp³-hybridized carbons (Fsp3) is 0.692. The van der Waals surface area contributed by atoms with Crippen LogP contribution in [0.3, 0.4) is 0 Å². The summed E-state index contributed by atoms with van der Waals surface area (Å²) in [5, 5.41) is 9.56. The van der Waals surface area contributed by atoms with Crippen LogP contribution >= 0.6 is 0 Å². The van der Waals surface area contributed by atoms with Crippen molar-refractivity contribution in [3.8, 4) is 0 Å². The van der Waals surface area contributed by atoms with Crippen molar-refractivity contribution >= 4 is 5.95 Å². The molecule has 0 aliphatic carbocycles. The Bertz CT molecular complexity index is 371. The van der Waals surface area contributed by atoms with Crippen molar-refractivity contribution in [1.29, 1.82) is 0 Å². The molecule has 0 unspecified atom stereocenters. The van der Waals surface area contributed by atoms with Crippen molar-refractivity contribution in [3.05, 3.63) is 17.5 Å². The molecule has 1 aromatic rings. The third kappa shape index (κ3) is 2.94. The molecule has 1 fully saturated rings. The summed E-state index contributed by atoms with van der Waals surface area (Å²) >= 11 is 0. The number of aryl methyl sites for hydroxylation is 1. The van der Waals surface area contributed by atoms with Crippen molar-refractivity contribution < 1.29 is 5.11 Å². The molecule has 1 saturated heterocycles. The van der Waals surface area contributed by atoms with Gasteiger partial charge in [0.05, 0.1) is 6.10 Å². The molecule has 1 aliphatic rings. The Morgan fingerprint density at radius 3 is 2.41 bits per heavy atom. The van der Waals surface area contributed by atoms with Crippen molar-refractivity contribution in [3.63, 3.8) is 0 Å². The maximum absolute atomic E-state index is 9.56. The van der Waals surface area contributed by atoms with Gasteiger partial charge < -0.3 is 10.0 Å². The number of rotatable bonds is 2. The van der Waals surface area contributed by atoms with Gasteiger partial charge in [0.1, 0.15) is 0 Å². The molecular weight excluding hydrogens is 214 g/mol. The number of aliphatic hydroxyl groups excluding tert-OH is 1. The van der Waals surface area contributed by atoms with E-state index in [4.69, 9.17) is 0 Å².